The largest absolute Gasteiger partial charge is 0.390 e. The van der Waals surface area contributed by atoms with Gasteiger partial charge in [0.05, 0.1) is 6.54 Å². The Morgan fingerprint density at radius 1 is 1.56 bits per heavy atom. The van der Waals surface area contributed by atoms with E-state index in [2.05, 4.69) is 5.32 Å². The minimum Gasteiger partial charge on any atom is -0.390 e. The molecular weight excluding hydrogens is 232 g/mol. The number of thiophene rings is 1. The first kappa shape index (κ1) is 12.0. The molecule has 1 saturated carbocycles. The molecule has 16 heavy (non-hydrogen) atoms. The topological polar surface area (TPSA) is 32.3 Å². The number of hydrogen-bond donors (Lipinski definition) is 2. The van der Waals surface area contributed by atoms with Gasteiger partial charge in [-0.1, -0.05) is 6.07 Å². The summed E-state index contributed by atoms with van der Waals surface area (Å²) in [6.45, 7) is -1.55. The van der Waals surface area contributed by atoms with Gasteiger partial charge in [0.1, 0.15) is 6.61 Å². The molecule has 2 nitrogen and oxygen atoms in total. The van der Waals surface area contributed by atoms with Crippen LogP contribution >= 0.6 is 11.3 Å². The average molecular weight is 247 g/mol. The van der Waals surface area contributed by atoms with E-state index in [0.717, 1.165) is 17.7 Å². The molecule has 2 rings (SSSR count). The van der Waals surface area contributed by atoms with Crippen LogP contribution in [0.2, 0.25) is 0 Å². The van der Waals surface area contributed by atoms with E-state index in [1.54, 1.807) is 11.3 Å². The zero-order chi connectivity index (χ0) is 11.6. The van der Waals surface area contributed by atoms with Crippen LogP contribution in [-0.2, 0) is 0 Å². The zero-order valence-corrected chi connectivity index (χ0v) is 9.64. The molecule has 1 unspecified atom stereocenters. The fraction of sp³-hybridized carbons (Fsp3) is 0.636. The van der Waals surface area contributed by atoms with Crippen molar-refractivity contribution in [3.05, 3.63) is 22.4 Å². The van der Waals surface area contributed by atoms with E-state index in [1.165, 1.54) is 0 Å². The van der Waals surface area contributed by atoms with E-state index in [9.17, 15) is 8.78 Å². The number of hydrogen-bond acceptors (Lipinski definition) is 3. The molecule has 1 aromatic heterocycles. The molecule has 90 valence electrons. The van der Waals surface area contributed by atoms with Crippen molar-refractivity contribution in [2.24, 2.45) is 5.92 Å². The summed E-state index contributed by atoms with van der Waals surface area (Å²) in [4.78, 5) is 1.11. The fourth-order valence-electron chi connectivity index (χ4n) is 1.71. The molecule has 0 amide bonds. The highest BCUT2D eigenvalue weighted by Crippen LogP contribution is 2.42. The van der Waals surface area contributed by atoms with Gasteiger partial charge >= 0.3 is 0 Å². The van der Waals surface area contributed by atoms with Gasteiger partial charge in [0.25, 0.3) is 5.92 Å². The van der Waals surface area contributed by atoms with Crippen LogP contribution in [0.4, 0.5) is 8.78 Å². The third-order valence-corrected chi connectivity index (χ3v) is 3.71. The van der Waals surface area contributed by atoms with E-state index in [4.69, 9.17) is 5.11 Å². The smallest absolute Gasteiger partial charge is 0.282 e. The van der Waals surface area contributed by atoms with E-state index in [0.29, 0.717) is 5.92 Å². The van der Waals surface area contributed by atoms with Crippen molar-refractivity contribution in [2.75, 3.05) is 13.2 Å². The van der Waals surface area contributed by atoms with Crippen LogP contribution in [0.5, 0.6) is 0 Å². The van der Waals surface area contributed by atoms with Crippen molar-refractivity contribution in [1.29, 1.82) is 0 Å². The average Bonchev–Trinajstić information content (AvgIpc) is 2.94. The third-order valence-electron chi connectivity index (χ3n) is 2.76. The summed E-state index contributed by atoms with van der Waals surface area (Å²) in [5.74, 6) is -2.54. The zero-order valence-electron chi connectivity index (χ0n) is 8.83. The second-order valence-corrected chi connectivity index (χ2v) is 5.20. The Hall–Kier alpha value is -0.520. The summed E-state index contributed by atoms with van der Waals surface area (Å²) in [5, 5.41) is 13.3. The molecule has 0 saturated heterocycles. The van der Waals surface area contributed by atoms with Crippen LogP contribution in [0.3, 0.4) is 0 Å². The Kier molecular flexibility index (Phi) is 3.56. The molecule has 1 heterocycles. The molecule has 1 atom stereocenters. The van der Waals surface area contributed by atoms with E-state index < -0.39 is 19.1 Å². The van der Waals surface area contributed by atoms with Gasteiger partial charge in [-0.25, -0.2) is 8.78 Å². The summed E-state index contributed by atoms with van der Waals surface area (Å²) in [6, 6.07) is 3.93. The number of aliphatic hydroxyl groups excluding tert-OH is 1. The molecule has 1 aliphatic rings. The minimum atomic E-state index is -3.02. The molecule has 0 aliphatic heterocycles. The van der Waals surface area contributed by atoms with Crippen LogP contribution in [0.1, 0.15) is 23.8 Å². The highest BCUT2D eigenvalue weighted by Gasteiger charge is 2.36. The molecule has 1 fully saturated rings. The van der Waals surface area contributed by atoms with Gasteiger partial charge in [-0.15, -0.1) is 11.3 Å². The van der Waals surface area contributed by atoms with Crippen LogP contribution in [0, 0.1) is 5.92 Å². The number of alkyl halides is 2. The Balaban J connectivity index is 1.94. The Morgan fingerprint density at radius 2 is 2.31 bits per heavy atom. The maximum atomic E-state index is 12.9. The standard InChI is InChI=1S/C11H15F2NOS/c12-11(13,7-15)6-14-10(8-3-4-8)9-2-1-5-16-9/h1-2,5,8,10,14-15H,3-4,6-7H2. The van der Waals surface area contributed by atoms with Gasteiger partial charge in [0, 0.05) is 10.9 Å². The number of nitrogens with one attached hydrogen (secondary N) is 1. The van der Waals surface area contributed by atoms with Gasteiger partial charge in [-0.3, -0.25) is 0 Å². The Labute approximate surface area is 97.3 Å². The van der Waals surface area contributed by atoms with Crippen molar-refractivity contribution in [1.82, 2.24) is 5.32 Å². The molecule has 0 spiro atoms. The first-order valence-electron chi connectivity index (χ1n) is 5.38. The van der Waals surface area contributed by atoms with Crippen LogP contribution in [0.25, 0.3) is 0 Å². The molecule has 1 aromatic rings. The van der Waals surface area contributed by atoms with E-state index in [1.807, 2.05) is 17.5 Å². The summed E-state index contributed by atoms with van der Waals surface area (Å²) < 4.78 is 25.9. The van der Waals surface area contributed by atoms with Crippen molar-refractivity contribution < 1.29 is 13.9 Å². The van der Waals surface area contributed by atoms with E-state index >= 15 is 0 Å². The van der Waals surface area contributed by atoms with Crippen LogP contribution in [-0.4, -0.2) is 24.2 Å². The molecule has 0 radical (unpaired) electrons. The molecular formula is C11H15F2NOS. The summed E-state index contributed by atoms with van der Waals surface area (Å²) in [5.41, 5.74) is 0. The Morgan fingerprint density at radius 3 is 2.81 bits per heavy atom. The highest BCUT2D eigenvalue weighted by molar-refractivity contribution is 7.10. The second kappa shape index (κ2) is 4.77. The first-order chi connectivity index (χ1) is 7.62. The predicted octanol–water partition coefficient (Wildman–Crippen LogP) is 2.42. The fourth-order valence-corrected chi connectivity index (χ4v) is 2.61. The van der Waals surface area contributed by atoms with E-state index in [-0.39, 0.29) is 6.04 Å². The van der Waals surface area contributed by atoms with Gasteiger partial charge in [-0.2, -0.15) is 0 Å². The lowest BCUT2D eigenvalue weighted by molar-refractivity contribution is -0.0497. The third kappa shape index (κ3) is 2.99. The number of rotatable bonds is 6. The van der Waals surface area contributed by atoms with Crippen molar-refractivity contribution >= 4 is 11.3 Å². The molecule has 5 heteroatoms. The van der Waals surface area contributed by atoms with Gasteiger partial charge < -0.3 is 10.4 Å². The lowest BCUT2D eigenvalue weighted by atomic mass is 10.1. The lowest BCUT2D eigenvalue weighted by Gasteiger charge is -2.20. The van der Waals surface area contributed by atoms with Crippen molar-refractivity contribution in [3.63, 3.8) is 0 Å². The monoisotopic (exact) mass is 247 g/mol. The normalized spacial score (nSPS) is 18.7. The molecule has 0 aromatic carbocycles. The summed E-state index contributed by atoms with van der Waals surface area (Å²) in [7, 11) is 0. The number of aliphatic hydroxyl groups is 1. The Bertz CT molecular complexity index is 325. The quantitative estimate of drug-likeness (QED) is 0.809. The maximum absolute atomic E-state index is 12.9. The lowest BCUT2D eigenvalue weighted by Crippen LogP contribution is -2.38. The summed E-state index contributed by atoms with van der Waals surface area (Å²) in [6.07, 6.45) is 2.19. The van der Waals surface area contributed by atoms with Gasteiger partial charge in [0.2, 0.25) is 0 Å². The van der Waals surface area contributed by atoms with Crippen LogP contribution in [0.15, 0.2) is 17.5 Å². The molecule has 2 N–H and O–H groups in total. The van der Waals surface area contributed by atoms with Gasteiger partial charge in [-0.05, 0) is 30.2 Å². The predicted molar refractivity (Wildman–Crippen MR) is 59.8 cm³/mol. The van der Waals surface area contributed by atoms with Gasteiger partial charge in [0.15, 0.2) is 0 Å². The van der Waals surface area contributed by atoms with Crippen molar-refractivity contribution in [3.8, 4) is 0 Å². The molecule has 0 bridgehead atoms. The highest BCUT2D eigenvalue weighted by atomic mass is 32.1. The van der Waals surface area contributed by atoms with Crippen molar-refractivity contribution in [2.45, 2.75) is 24.8 Å². The van der Waals surface area contributed by atoms with Crippen LogP contribution < -0.4 is 5.32 Å². The molecule has 1 aliphatic carbocycles. The SMILES string of the molecule is OCC(F)(F)CNC(c1cccs1)C1CC1. The summed E-state index contributed by atoms with van der Waals surface area (Å²) >= 11 is 1.59. The number of halogens is 2. The second-order valence-electron chi connectivity index (χ2n) is 4.23. The first-order valence-corrected chi connectivity index (χ1v) is 6.26. The minimum absolute atomic E-state index is 0.0254. The maximum Gasteiger partial charge on any atom is 0.282 e.